The van der Waals surface area contributed by atoms with E-state index < -0.39 is 21.3 Å². The van der Waals surface area contributed by atoms with Gasteiger partial charge in [-0.1, -0.05) is 13.8 Å². The highest BCUT2D eigenvalue weighted by Gasteiger charge is 2.37. The first kappa shape index (κ1) is 12.8. The zero-order chi connectivity index (χ0) is 11.6. The van der Waals surface area contributed by atoms with E-state index in [-0.39, 0.29) is 23.3 Å². The maximum atomic E-state index is 11.5. The van der Waals surface area contributed by atoms with E-state index in [0.29, 0.717) is 0 Å². The molecule has 3 atom stereocenters. The van der Waals surface area contributed by atoms with E-state index in [1.165, 1.54) is 0 Å². The van der Waals surface area contributed by atoms with Crippen LogP contribution < -0.4 is 5.32 Å². The monoisotopic (exact) mass is 253 g/mol. The summed E-state index contributed by atoms with van der Waals surface area (Å²) in [6.07, 6.45) is 0.734. The molecule has 0 radical (unpaired) electrons. The molecule has 1 aliphatic heterocycles. The highest BCUT2D eigenvalue weighted by atomic mass is 35.5. The van der Waals surface area contributed by atoms with Gasteiger partial charge in [0.25, 0.3) is 0 Å². The Labute approximate surface area is 95.3 Å². The van der Waals surface area contributed by atoms with Crippen LogP contribution in [0.25, 0.3) is 0 Å². The second kappa shape index (κ2) is 4.70. The molecule has 15 heavy (non-hydrogen) atoms. The van der Waals surface area contributed by atoms with E-state index in [1.807, 2.05) is 13.8 Å². The molecule has 0 aromatic heterocycles. The first-order valence-electron chi connectivity index (χ1n) is 5.00. The van der Waals surface area contributed by atoms with Crippen LogP contribution in [0.1, 0.15) is 20.3 Å². The SMILES string of the molecule is CC[C@@H](C)C(=O)N[C@H]1CS(=O)(=O)C[C@@H]1Cl. The van der Waals surface area contributed by atoms with Crippen LogP contribution in [-0.2, 0) is 14.6 Å². The van der Waals surface area contributed by atoms with Gasteiger partial charge in [-0.2, -0.15) is 0 Å². The van der Waals surface area contributed by atoms with Gasteiger partial charge in [-0.05, 0) is 6.42 Å². The Morgan fingerprint density at radius 2 is 2.13 bits per heavy atom. The Kier molecular flexibility index (Phi) is 4.00. The molecule has 1 aliphatic rings. The summed E-state index contributed by atoms with van der Waals surface area (Å²) in [5.41, 5.74) is 0. The lowest BCUT2D eigenvalue weighted by molar-refractivity contribution is -0.125. The van der Waals surface area contributed by atoms with Crippen molar-refractivity contribution >= 4 is 27.3 Å². The summed E-state index contributed by atoms with van der Waals surface area (Å²) in [6, 6.07) is -0.432. The van der Waals surface area contributed by atoms with Crippen LogP contribution in [0.15, 0.2) is 0 Å². The van der Waals surface area contributed by atoms with Crippen molar-refractivity contribution in [2.24, 2.45) is 5.92 Å². The third-order valence-corrected chi connectivity index (χ3v) is 5.05. The normalized spacial score (nSPS) is 31.1. The molecule has 1 fully saturated rings. The van der Waals surface area contributed by atoms with E-state index >= 15 is 0 Å². The number of carbonyl (C=O) groups is 1. The van der Waals surface area contributed by atoms with Crippen LogP contribution in [0.4, 0.5) is 0 Å². The number of carbonyl (C=O) groups excluding carboxylic acids is 1. The molecule has 0 unspecified atom stereocenters. The number of halogens is 1. The van der Waals surface area contributed by atoms with Gasteiger partial charge in [0, 0.05) is 5.92 Å². The van der Waals surface area contributed by atoms with Gasteiger partial charge < -0.3 is 5.32 Å². The lowest BCUT2D eigenvalue weighted by atomic mass is 10.1. The standard InChI is InChI=1S/C9H16ClNO3S/c1-3-6(2)9(12)11-8-5-15(13,14)4-7(8)10/h6-8H,3-5H2,1-2H3,(H,11,12)/t6-,7+,8+/m1/s1. The Morgan fingerprint density at radius 1 is 1.53 bits per heavy atom. The minimum atomic E-state index is -3.07. The van der Waals surface area contributed by atoms with Crippen molar-refractivity contribution < 1.29 is 13.2 Å². The van der Waals surface area contributed by atoms with E-state index in [9.17, 15) is 13.2 Å². The summed E-state index contributed by atoms with van der Waals surface area (Å²) in [4.78, 5) is 11.5. The molecular formula is C9H16ClNO3S. The van der Waals surface area contributed by atoms with Gasteiger partial charge in [-0.15, -0.1) is 11.6 Å². The average molecular weight is 254 g/mol. The van der Waals surface area contributed by atoms with Crippen molar-refractivity contribution in [3.05, 3.63) is 0 Å². The Morgan fingerprint density at radius 3 is 2.53 bits per heavy atom. The number of hydrogen-bond donors (Lipinski definition) is 1. The smallest absolute Gasteiger partial charge is 0.223 e. The molecule has 1 rings (SSSR count). The van der Waals surface area contributed by atoms with Gasteiger partial charge in [0.1, 0.15) is 0 Å². The van der Waals surface area contributed by atoms with Gasteiger partial charge in [-0.25, -0.2) is 8.42 Å². The lowest BCUT2D eigenvalue weighted by Gasteiger charge is -2.17. The van der Waals surface area contributed by atoms with Crippen molar-refractivity contribution in [1.82, 2.24) is 5.32 Å². The molecule has 0 aliphatic carbocycles. The van der Waals surface area contributed by atoms with E-state index in [1.54, 1.807) is 0 Å². The fourth-order valence-electron chi connectivity index (χ4n) is 1.45. The lowest BCUT2D eigenvalue weighted by Crippen LogP contribution is -2.42. The maximum absolute atomic E-state index is 11.5. The molecule has 1 heterocycles. The number of nitrogens with one attached hydrogen (secondary N) is 1. The number of rotatable bonds is 3. The predicted octanol–water partition coefficient (Wildman–Crippen LogP) is 0.553. The fourth-order valence-corrected chi connectivity index (χ4v) is 4.00. The molecule has 88 valence electrons. The highest BCUT2D eigenvalue weighted by molar-refractivity contribution is 7.91. The van der Waals surface area contributed by atoms with Crippen LogP contribution in [0.2, 0.25) is 0 Å². The molecule has 0 saturated carbocycles. The zero-order valence-electron chi connectivity index (χ0n) is 8.86. The fraction of sp³-hybridized carbons (Fsp3) is 0.889. The second-order valence-electron chi connectivity index (χ2n) is 4.02. The predicted molar refractivity (Wildman–Crippen MR) is 59.7 cm³/mol. The molecule has 1 N–H and O–H groups in total. The summed E-state index contributed by atoms with van der Waals surface area (Å²) in [5.74, 6) is -0.300. The van der Waals surface area contributed by atoms with Crippen molar-refractivity contribution in [3.8, 4) is 0 Å². The maximum Gasteiger partial charge on any atom is 0.223 e. The van der Waals surface area contributed by atoms with Gasteiger partial charge in [0.05, 0.1) is 22.9 Å². The summed E-state index contributed by atoms with van der Waals surface area (Å²) in [5, 5.41) is 2.19. The van der Waals surface area contributed by atoms with Gasteiger partial charge in [0.2, 0.25) is 5.91 Å². The van der Waals surface area contributed by atoms with Crippen LogP contribution in [0.3, 0.4) is 0 Å². The molecule has 0 bridgehead atoms. The first-order valence-corrected chi connectivity index (χ1v) is 7.26. The molecule has 0 spiro atoms. The van der Waals surface area contributed by atoms with Crippen molar-refractivity contribution in [3.63, 3.8) is 0 Å². The van der Waals surface area contributed by atoms with Crippen LogP contribution in [0.5, 0.6) is 0 Å². The average Bonchev–Trinajstić information content (AvgIpc) is 2.38. The molecule has 1 saturated heterocycles. The van der Waals surface area contributed by atoms with E-state index in [4.69, 9.17) is 11.6 Å². The molecule has 4 nitrogen and oxygen atoms in total. The van der Waals surface area contributed by atoms with Gasteiger partial charge >= 0.3 is 0 Å². The third-order valence-electron chi connectivity index (χ3n) is 2.67. The third kappa shape index (κ3) is 3.34. The highest BCUT2D eigenvalue weighted by Crippen LogP contribution is 2.18. The van der Waals surface area contributed by atoms with Crippen LogP contribution in [-0.4, -0.2) is 37.2 Å². The van der Waals surface area contributed by atoms with E-state index in [0.717, 1.165) is 6.42 Å². The largest absolute Gasteiger partial charge is 0.351 e. The number of alkyl halides is 1. The summed E-state index contributed by atoms with van der Waals surface area (Å²) in [7, 11) is -3.07. The number of sulfone groups is 1. The minimum Gasteiger partial charge on any atom is -0.351 e. The Hall–Kier alpha value is -0.290. The molecule has 6 heteroatoms. The molecule has 0 aromatic carbocycles. The Balaban J connectivity index is 2.57. The van der Waals surface area contributed by atoms with Gasteiger partial charge in [-0.3, -0.25) is 4.79 Å². The molecule has 0 aromatic rings. The van der Waals surface area contributed by atoms with Crippen LogP contribution in [0, 0.1) is 5.92 Å². The quantitative estimate of drug-likeness (QED) is 0.748. The number of hydrogen-bond acceptors (Lipinski definition) is 3. The summed E-state index contributed by atoms with van der Waals surface area (Å²) >= 11 is 5.86. The van der Waals surface area contributed by atoms with Crippen molar-refractivity contribution in [1.29, 1.82) is 0 Å². The van der Waals surface area contributed by atoms with E-state index in [2.05, 4.69) is 5.32 Å². The van der Waals surface area contributed by atoms with Crippen molar-refractivity contribution in [2.75, 3.05) is 11.5 Å². The van der Waals surface area contributed by atoms with Crippen LogP contribution >= 0.6 is 11.6 Å². The number of amides is 1. The summed E-state index contributed by atoms with van der Waals surface area (Å²) in [6.45, 7) is 3.72. The topological polar surface area (TPSA) is 63.2 Å². The first-order chi connectivity index (χ1) is 6.85. The minimum absolute atomic E-state index is 0.0384. The second-order valence-corrected chi connectivity index (χ2v) is 6.73. The Bertz CT molecular complexity index is 341. The summed E-state index contributed by atoms with van der Waals surface area (Å²) < 4.78 is 22.5. The zero-order valence-corrected chi connectivity index (χ0v) is 10.4. The molecule has 1 amide bonds. The van der Waals surface area contributed by atoms with Crippen molar-refractivity contribution in [2.45, 2.75) is 31.7 Å². The van der Waals surface area contributed by atoms with Gasteiger partial charge in [0.15, 0.2) is 9.84 Å². The molecular weight excluding hydrogens is 238 g/mol.